The van der Waals surface area contributed by atoms with E-state index in [1.807, 2.05) is 66.2 Å². The van der Waals surface area contributed by atoms with Crippen LogP contribution >= 0.6 is 15.9 Å². The van der Waals surface area contributed by atoms with Crippen LogP contribution in [0.25, 0.3) is 27.8 Å². The molecule has 0 bridgehead atoms. The van der Waals surface area contributed by atoms with E-state index in [2.05, 4.69) is 15.9 Å². The van der Waals surface area contributed by atoms with E-state index < -0.39 is 0 Å². The highest BCUT2D eigenvalue weighted by atomic mass is 79.9. The first-order valence-corrected chi connectivity index (χ1v) is 9.32. The van der Waals surface area contributed by atoms with E-state index in [4.69, 9.17) is 0 Å². The van der Waals surface area contributed by atoms with Gasteiger partial charge in [-0.05, 0) is 30.7 Å². The molecular weight excluding hydrogens is 406 g/mol. The van der Waals surface area contributed by atoms with Crippen LogP contribution in [-0.4, -0.2) is 13.7 Å². The summed E-state index contributed by atoms with van der Waals surface area (Å²) in [5, 5.41) is 0.529. The topological polar surface area (TPSA) is 48.9 Å². The maximum Gasteiger partial charge on any atom is 0.330 e. The molecule has 27 heavy (non-hydrogen) atoms. The Balaban J connectivity index is 2.25. The molecule has 0 atom stereocenters. The normalized spacial score (nSPS) is 11.3. The molecule has 2 aromatic heterocycles. The SMILES string of the molecule is Cc1ccccc1-n1cc2c(c1-c1cccc(Br)c1)c(=O)n(C)c(=O)n2C. The van der Waals surface area contributed by atoms with Crippen molar-refractivity contribution in [1.29, 1.82) is 0 Å². The zero-order valence-corrected chi connectivity index (χ0v) is 16.8. The Kier molecular flexibility index (Phi) is 4.15. The van der Waals surface area contributed by atoms with E-state index in [1.165, 1.54) is 11.6 Å². The van der Waals surface area contributed by atoms with Crippen LogP contribution in [0.15, 0.2) is 68.8 Å². The van der Waals surface area contributed by atoms with E-state index in [0.717, 1.165) is 31.5 Å². The monoisotopic (exact) mass is 423 g/mol. The van der Waals surface area contributed by atoms with Gasteiger partial charge in [-0.25, -0.2) is 4.79 Å². The molecule has 0 spiro atoms. The van der Waals surface area contributed by atoms with Crippen LogP contribution in [0.1, 0.15) is 5.56 Å². The highest BCUT2D eigenvalue weighted by Gasteiger charge is 2.20. The average Bonchev–Trinajstić information content (AvgIpc) is 3.05. The lowest BCUT2D eigenvalue weighted by Crippen LogP contribution is -2.36. The average molecular weight is 424 g/mol. The summed E-state index contributed by atoms with van der Waals surface area (Å²) in [6, 6.07) is 15.8. The molecule has 0 saturated heterocycles. The molecule has 0 aliphatic rings. The number of aryl methyl sites for hydroxylation is 2. The van der Waals surface area contributed by atoms with Gasteiger partial charge in [0.15, 0.2) is 0 Å². The van der Waals surface area contributed by atoms with Crippen LogP contribution in [0.4, 0.5) is 0 Å². The largest absolute Gasteiger partial charge is 0.330 e. The van der Waals surface area contributed by atoms with Gasteiger partial charge in [-0.15, -0.1) is 0 Å². The number of hydrogen-bond acceptors (Lipinski definition) is 2. The van der Waals surface area contributed by atoms with Gasteiger partial charge in [-0.3, -0.25) is 13.9 Å². The Labute approximate surface area is 164 Å². The molecule has 2 aromatic carbocycles. The first-order chi connectivity index (χ1) is 12.9. The molecule has 0 aliphatic heterocycles. The van der Waals surface area contributed by atoms with Crippen LogP contribution < -0.4 is 11.2 Å². The van der Waals surface area contributed by atoms with E-state index >= 15 is 0 Å². The van der Waals surface area contributed by atoms with Gasteiger partial charge < -0.3 is 4.57 Å². The Hall–Kier alpha value is -2.86. The number of hydrogen-bond donors (Lipinski definition) is 0. The molecule has 0 unspecified atom stereocenters. The van der Waals surface area contributed by atoms with Crippen molar-refractivity contribution in [3.8, 4) is 16.9 Å². The molecule has 4 rings (SSSR count). The molecule has 0 aliphatic carbocycles. The fourth-order valence-corrected chi connectivity index (χ4v) is 3.88. The molecule has 0 saturated carbocycles. The Morgan fingerprint density at radius 3 is 2.37 bits per heavy atom. The van der Waals surface area contributed by atoms with Crippen molar-refractivity contribution >= 4 is 26.8 Å². The van der Waals surface area contributed by atoms with Crippen molar-refractivity contribution in [2.45, 2.75) is 6.92 Å². The number of halogens is 1. The van der Waals surface area contributed by atoms with Crippen LogP contribution in [0, 0.1) is 6.92 Å². The fraction of sp³-hybridized carbons (Fsp3) is 0.143. The van der Waals surface area contributed by atoms with E-state index in [0.29, 0.717) is 10.9 Å². The van der Waals surface area contributed by atoms with Gasteiger partial charge in [0.05, 0.1) is 16.6 Å². The number of fused-ring (bicyclic) bond motifs is 1. The predicted molar refractivity (Wildman–Crippen MR) is 112 cm³/mol. The lowest BCUT2D eigenvalue weighted by molar-refractivity contribution is 0.714. The van der Waals surface area contributed by atoms with Crippen LogP contribution in [0.3, 0.4) is 0 Å². The Morgan fingerprint density at radius 1 is 0.926 bits per heavy atom. The first-order valence-electron chi connectivity index (χ1n) is 8.53. The summed E-state index contributed by atoms with van der Waals surface area (Å²) in [7, 11) is 3.21. The van der Waals surface area contributed by atoms with Crippen molar-refractivity contribution in [2.75, 3.05) is 0 Å². The summed E-state index contributed by atoms with van der Waals surface area (Å²) >= 11 is 3.52. The smallest absolute Gasteiger partial charge is 0.313 e. The maximum absolute atomic E-state index is 13.0. The second-order valence-electron chi connectivity index (χ2n) is 6.61. The van der Waals surface area contributed by atoms with Crippen molar-refractivity contribution in [3.63, 3.8) is 0 Å². The molecule has 6 heteroatoms. The summed E-state index contributed by atoms with van der Waals surface area (Å²) in [5.74, 6) is 0. The van der Waals surface area contributed by atoms with Gasteiger partial charge in [0, 0.05) is 36.0 Å². The zero-order chi connectivity index (χ0) is 19.3. The van der Waals surface area contributed by atoms with Crippen LogP contribution in [0.2, 0.25) is 0 Å². The summed E-state index contributed by atoms with van der Waals surface area (Å²) in [4.78, 5) is 25.5. The second-order valence-corrected chi connectivity index (χ2v) is 7.53. The zero-order valence-electron chi connectivity index (χ0n) is 15.2. The van der Waals surface area contributed by atoms with Crippen molar-refractivity contribution in [3.05, 3.63) is 85.6 Å². The first kappa shape index (κ1) is 17.5. The van der Waals surface area contributed by atoms with Gasteiger partial charge in [0.25, 0.3) is 5.56 Å². The number of nitrogens with zero attached hydrogens (tertiary/aromatic N) is 3. The molecule has 5 nitrogen and oxygen atoms in total. The molecule has 136 valence electrons. The summed E-state index contributed by atoms with van der Waals surface area (Å²) < 4.78 is 5.61. The fourth-order valence-electron chi connectivity index (χ4n) is 3.48. The Bertz CT molecular complexity index is 1310. The highest BCUT2D eigenvalue weighted by Crippen LogP contribution is 2.33. The number of para-hydroxylation sites is 1. The highest BCUT2D eigenvalue weighted by molar-refractivity contribution is 9.10. The van der Waals surface area contributed by atoms with E-state index in [1.54, 1.807) is 7.05 Å². The number of aromatic nitrogens is 3. The van der Waals surface area contributed by atoms with E-state index in [-0.39, 0.29) is 11.2 Å². The third kappa shape index (κ3) is 2.68. The molecule has 2 heterocycles. The minimum Gasteiger partial charge on any atom is -0.313 e. The molecule has 0 amide bonds. The lowest BCUT2D eigenvalue weighted by Gasteiger charge is -2.12. The van der Waals surface area contributed by atoms with Crippen molar-refractivity contribution < 1.29 is 0 Å². The van der Waals surface area contributed by atoms with Crippen molar-refractivity contribution in [1.82, 2.24) is 13.7 Å². The maximum atomic E-state index is 13.0. The van der Waals surface area contributed by atoms with E-state index in [9.17, 15) is 9.59 Å². The lowest BCUT2D eigenvalue weighted by atomic mass is 10.1. The van der Waals surface area contributed by atoms with Crippen molar-refractivity contribution in [2.24, 2.45) is 14.1 Å². The summed E-state index contributed by atoms with van der Waals surface area (Å²) in [6.45, 7) is 2.03. The van der Waals surface area contributed by atoms with Gasteiger partial charge in [-0.2, -0.15) is 0 Å². The summed E-state index contributed by atoms with van der Waals surface area (Å²) in [5.41, 5.74) is 3.70. The third-order valence-electron chi connectivity index (χ3n) is 4.91. The molecule has 0 fully saturated rings. The van der Waals surface area contributed by atoms with Crippen LogP contribution in [-0.2, 0) is 14.1 Å². The second kappa shape index (κ2) is 6.39. The minimum absolute atomic E-state index is 0.296. The Morgan fingerprint density at radius 2 is 1.67 bits per heavy atom. The van der Waals surface area contributed by atoms with Gasteiger partial charge in [0.2, 0.25) is 0 Å². The quantitative estimate of drug-likeness (QED) is 0.492. The van der Waals surface area contributed by atoms with Gasteiger partial charge in [-0.1, -0.05) is 46.3 Å². The molecule has 4 aromatic rings. The standard InChI is InChI=1S/C21H18BrN3O2/c1-13-7-4-5-10-16(13)25-12-17-18(20(26)24(3)21(27)23(17)2)19(25)14-8-6-9-15(22)11-14/h4-12H,1-3H3. The molecule has 0 radical (unpaired) electrons. The summed E-state index contributed by atoms with van der Waals surface area (Å²) in [6.07, 6.45) is 1.87. The van der Waals surface area contributed by atoms with Gasteiger partial charge >= 0.3 is 5.69 Å². The number of benzene rings is 2. The number of rotatable bonds is 2. The van der Waals surface area contributed by atoms with Crippen LogP contribution in [0.5, 0.6) is 0 Å². The minimum atomic E-state index is -0.338. The molecule has 0 N–H and O–H groups in total. The predicted octanol–water partition coefficient (Wildman–Crippen LogP) is 3.77. The van der Waals surface area contributed by atoms with Gasteiger partial charge in [0.1, 0.15) is 0 Å². The molecular formula is C21H18BrN3O2. The third-order valence-corrected chi connectivity index (χ3v) is 5.41.